The summed E-state index contributed by atoms with van der Waals surface area (Å²) >= 11 is 0. The van der Waals surface area contributed by atoms with Gasteiger partial charge in [0.15, 0.2) is 0 Å². The number of aryl methyl sites for hydroxylation is 1. The van der Waals surface area contributed by atoms with E-state index in [9.17, 15) is 4.79 Å². The van der Waals surface area contributed by atoms with Gasteiger partial charge in [-0.25, -0.2) is 0 Å². The van der Waals surface area contributed by atoms with Gasteiger partial charge in [-0.2, -0.15) is 5.10 Å². The van der Waals surface area contributed by atoms with E-state index in [0.717, 1.165) is 22.2 Å². The van der Waals surface area contributed by atoms with Gasteiger partial charge >= 0.3 is 0 Å². The Bertz CT molecular complexity index is 764. The minimum absolute atomic E-state index is 0.0629. The molecule has 2 heterocycles. The molecule has 0 aliphatic carbocycles. The van der Waals surface area contributed by atoms with E-state index in [-0.39, 0.29) is 12.5 Å². The third kappa shape index (κ3) is 2.91. The molecule has 1 amide bonds. The number of nitrogens with zero attached hydrogens (tertiary/aromatic N) is 3. The maximum atomic E-state index is 12.0. The van der Waals surface area contributed by atoms with E-state index in [1.54, 1.807) is 17.1 Å². The van der Waals surface area contributed by atoms with Crippen molar-refractivity contribution in [3.8, 4) is 0 Å². The average Bonchev–Trinajstić information content (AvgIpc) is 2.83. The van der Waals surface area contributed by atoms with Crippen LogP contribution >= 0.6 is 0 Å². The summed E-state index contributed by atoms with van der Waals surface area (Å²) in [5.74, 6) is -0.0629. The smallest absolute Gasteiger partial charge is 0.242 e. The van der Waals surface area contributed by atoms with Crippen molar-refractivity contribution < 1.29 is 4.79 Å². The van der Waals surface area contributed by atoms with Crippen LogP contribution in [0, 0.1) is 6.92 Å². The summed E-state index contributed by atoms with van der Waals surface area (Å²) in [6, 6.07) is 11.7. The molecule has 5 nitrogen and oxygen atoms in total. The van der Waals surface area contributed by atoms with Gasteiger partial charge in [-0.05, 0) is 24.6 Å². The third-order valence-corrected chi connectivity index (χ3v) is 3.35. The number of para-hydroxylation sites is 1. The lowest BCUT2D eigenvalue weighted by Crippen LogP contribution is -2.27. The maximum Gasteiger partial charge on any atom is 0.242 e. The zero-order valence-corrected chi connectivity index (χ0v) is 11.8. The Morgan fingerprint density at radius 3 is 2.90 bits per heavy atom. The highest BCUT2D eigenvalue weighted by Gasteiger charge is 2.09. The van der Waals surface area contributed by atoms with Gasteiger partial charge in [0.05, 0.1) is 11.2 Å². The Labute approximate surface area is 122 Å². The number of benzene rings is 1. The Morgan fingerprint density at radius 2 is 2.10 bits per heavy atom. The number of pyridine rings is 1. The van der Waals surface area contributed by atoms with Crippen LogP contribution in [0.1, 0.15) is 11.3 Å². The van der Waals surface area contributed by atoms with Crippen LogP contribution in [0.2, 0.25) is 0 Å². The molecule has 1 N–H and O–H groups in total. The highest BCUT2D eigenvalue weighted by molar-refractivity contribution is 5.84. The molecule has 0 saturated carbocycles. The zero-order valence-electron chi connectivity index (χ0n) is 11.8. The monoisotopic (exact) mass is 280 g/mol. The summed E-state index contributed by atoms with van der Waals surface area (Å²) in [7, 11) is 0. The van der Waals surface area contributed by atoms with E-state index in [1.807, 2.05) is 43.3 Å². The maximum absolute atomic E-state index is 12.0. The number of nitrogens with one attached hydrogen (secondary N) is 1. The predicted octanol–water partition coefficient (Wildman–Crippen LogP) is 2.06. The number of rotatable bonds is 4. The fourth-order valence-corrected chi connectivity index (χ4v) is 2.31. The topological polar surface area (TPSA) is 59.8 Å². The van der Waals surface area contributed by atoms with Crippen molar-refractivity contribution in [2.24, 2.45) is 0 Å². The number of fused-ring (bicyclic) bond motifs is 1. The minimum Gasteiger partial charge on any atom is -0.350 e. The van der Waals surface area contributed by atoms with Gasteiger partial charge in [0, 0.05) is 24.3 Å². The normalized spacial score (nSPS) is 10.7. The first-order valence-corrected chi connectivity index (χ1v) is 6.82. The van der Waals surface area contributed by atoms with Gasteiger partial charge in [0.1, 0.15) is 6.54 Å². The molecular weight excluding hydrogens is 264 g/mol. The summed E-state index contributed by atoms with van der Waals surface area (Å²) < 4.78 is 1.74. The fraction of sp³-hybridized carbons (Fsp3) is 0.188. The largest absolute Gasteiger partial charge is 0.350 e. The van der Waals surface area contributed by atoms with Crippen molar-refractivity contribution in [2.75, 3.05) is 0 Å². The number of carbonyl (C=O) groups is 1. The van der Waals surface area contributed by atoms with Crippen molar-refractivity contribution in [3.63, 3.8) is 0 Å². The van der Waals surface area contributed by atoms with Crippen LogP contribution in [0.3, 0.4) is 0 Å². The molecule has 106 valence electrons. The molecule has 5 heteroatoms. The van der Waals surface area contributed by atoms with Crippen molar-refractivity contribution in [3.05, 3.63) is 60.0 Å². The molecule has 21 heavy (non-hydrogen) atoms. The number of aromatic nitrogens is 3. The van der Waals surface area contributed by atoms with Gasteiger partial charge in [0.25, 0.3) is 0 Å². The Morgan fingerprint density at radius 1 is 1.24 bits per heavy atom. The van der Waals surface area contributed by atoms with Gasteiger partial charge in [-0.3, -0.25) is 14.5 Å². The summed E-state index contributed by atoms with van der Waals surface area (Å²) in [6.45, 7) is 2.64. The van der Waals surface area contributed by atoms with Crippen molar-refractivity contribution in [1.82, 2.24) is 20.1 Å². The summed E-state index contributed by atoms with van der Waals surface area (Å²) in [5.41, 5.74) is 2.89. The number of hydrogen-bond donors (Lipinski definition) is 1. The molecule has 3 rings (SSSR count). The van der Waals surface area contributed by atoms with Crippen molar-refractivity contribution in [1.29, 1.82) is 0 Å². The second-order valence-electron chi connectivity index (χ2n) is 4.90. The second kappa shape index (κ2) is 5.75. The molecule has 0 aliphatic heterocycles. The van der Waals surface area contributed by atoms with Crippen molar-refractivity contribution >= 4 is 16.8 Å². The highest BCUT2D eigenvalue weighted by Crippen LogP contribution is 2.17. The van der Waals surface area contributed by atoms with E-state index in [4.69, 9.17) is 0 Å². The third-order valence-electron chi connectivity index (χ3n) is 3.35. The van der Waals surface area contributed by atoms with E-state index in [1.165, 1.54) is 0 Å². The molecular formula is C16H16N4O. The molecule has 0 radical (unpaired) electrons. The van der Waals surface area contributed by atoms with Gasteiger partial charge < -0.3 is 5.32 Å². The lowest BCUT2D eigenvalue weighted by molar-refractivity contribution is -0.121. The summed E-state index contributed by atoms with van der Waals surface area (Å²) in [4.78, 5) is 16.1. The van der Waals surface area contributed by atoms with E-state index >= 15 is 0 Å². The SMILES string of the molecule is Cc1nn(CC(=O)NCc2cccnc2)c2ccccc12. The summed E-state index contributed by atoms with van der Waals surface area (Å²) in [5, 5.41) is 8.39. The molecule has 3 aromatic rings. The molecule has 2 aromatic heterocycles. The van der Waals surface area contributed by atoms with Crippen LogP contribution in [0.5, 0.6) is 0 Å². The lowest BCUT2D eigenvalue weighted by atomic mass is 10.2. The molecule has 0 fully saturated rings. The Kier molecular flexibility index (Phi) is 3.64. The second-order valence-corrected chi connectivity index (χ2v) is 4.90. The van der Waals surface area contributed by atoms with Crippen LogP contribution in [0.25, 0.3) is 10.9 Å². The molecule has 0 atom stereocenters. The first-order chi connectivity index (χ1) is 10.2. The van der Waals surface area contributed by atoms with Gasteiger partial charge in [-0.15, -0.1) is 0 Å². The predicted molar refractivity (Wildman–Crippen MR) is 80.6 cm³/mol. The number of amides is 1. The fourth-order valence-electron chi connectivity index (χ4n) is 2.31. The average molecular weight is 280 g/mol. The number of hydrogen-bond acceptors (Lipinski definition) is 3. The van der Waals surface area contributed by atoms with Crippen LogP contribution in [-0.4, -0.2) is 20.7 Å². The molecule has 0 bridgehead atoms. The highest BCUT2D eigenvalue weighted by atomic mass is 16.2. The first kappa shape index (κ1) is 13.3. The molecule has 0 unspecified atom stereocenters. The Balaban J connectivity index is 1.69. The lowest BCUT2D eigenvalue weighted by Gasteiger charge is -2.06. The van der Waals surface area contributed by atoms with Crippen LogP contribution in [0.15, 0.2) is 48.8 Å². The van der Waals surface area contributed by atoms with Crippen LogP contribution in [-0.2, 0) is 17.9 Å². The minimum atomic E-state index is -0.0629. The van der Waals surface area contributed by atoms with E-state index in [2.05, 4.69) is 15.4 Å². The molecule has 1 aromatic carbocycles. The van der Waals surface area contributed by atoms with Crippen LogP contribution < -0.4 is 5.32 Å². The van der Waals surface area contributed by atoms with E-state index < -0.39 is 0 Å². The van der Waals surface area contributed by atoms with Gasteiger partial charge in [0.2, 0.25) is 5.91 Å². The Hall–Kier alpha value is -2.69. The van der Waals surface area contributed by atoms with Crippen LogP contribution in [0.4, 0.5) is 0 Å². The first-order valence-electron chi connectivity index (χ1n) is 6.82. The quantitative estimate of drug-likeness (QED) is 0.795. The molecule has 0 aliphatic rings. The standard InChI is InChI=1S/C16H16N4O/c1-12-14-6-2-3-7-15(14)20(19-12)11-16(21)18-10-13-5-4-8-17-9-13/h2-9H,10-11H2,1H3,(H,18,21). The van der Waals surface area contributed by atoms with Gasteiger partial charge in [-0.1, -0.05) is 24.3 Å². The number of carbonyl (C=O) groups excluding carboxylic acids is 1. The molecule has 0 saturated heterocycles. The summed E-state index contributed by atoms with van der Waals surface area (Å²) in [6.07, 6.45) is 3.46. The zero-order chi connectivity index (χ0) is 14.7. The molecule has 0 spiro atoms. The van der Waals surface area contributed by atoms with Crippen molar-refractivity contribution in [2.45, 2.75) is 20.0 Å². The van der Waals surface area contributed by atoms with E-state index in [0.29, 0.717) is 6.54 Å².